The van der Waals surface area contributed by atoms with Crippen LogP contribution in [0.4, 0.5) is 0 Å². The summed E-state index contributed by atoms with van der Waals surface area (Å²) in [4.78, 5) is 0. The maximum absolute atomic E-state index is 6.07. The average Bonchev–Trinajstić information content (AvgIpc) is 2.09. The monoisotopic (exact) mass is 226 g/mol. The normalized spacial score (nSPS) is 11.8. The summed E-state index contributed by atoms with van der Waals surface area (Å²) in [5, 5.41) is 0.787. The molecule has 15 heavy (non-hydrogen) atoms. The Balaban J connectivity index is 2.87. The molecule has 0 atom stereocenters. The van der Waals surface area contributed by atoms with Gasteiger partial charge in [0.15, 0.2) is 0 Å². The number of halogens is 1. The van der Waals surface area contributed by atoms with Crippen molar-refractivity contribution in [1.82, 2.24) is 0 Å². The van der Waals surface area contributed by atoms with Gasteiger partial charge in [-0.15, -0.1) is 0 Å². The lowest BCUT2D eigenvalue weighted by molar-refractivity contribution is 0.185. The van der Waals surface area contributed by atoms with Crippen molar-refractivity contribution in [1.29, 1.82) is 0 Å². The number of benzene rings is 1. The van der Waals surface area contributed by atoms with Gasteiger partial charge in [-0.1, -0.05) is 44.5 Å². The number of ether oxygens (including phenoxy) is 1. The fraction of sp³-hybridized carbons (Fsp3) is 0.538. The van der Waals surface area contributed by atoms with Crippen LogP contribution in [0.5, 0.6) is 0 Å². The summed E-state index contributed by atoms with van der Waals surface area (Å²) in [6, 6.07) is 6.18. The number of hydrogen-bond acceptors (Lipinski definition) is 1. The zero-order valence-electron chi connectivity index (χ0n) is 9.93. The summed E-state index contributed by atoms with van der Waals surface area (Å²) in [6.45, 7) is 7.28. The minimum Gasteiger partial charge on any atom is -0.380 e. The number of hydrogen-bond donors (Lipinski definition) is 0. The van der Waals surface area contributed by atoms with Crippen LogP contribution in [-0.4, -0.2) is 7.11 Å². The highest BCUT2D eigenvalue weighted by atomic mass is 35.5. The SMILES string of the molecule is COCc1cc(CC(C)(C)C)ccc1Cl. The first-order valence-electron chi connectivity index (χ1n) is 5.18. The van der Waals surface area contributed by atoms with Crippen LogP contribution < -0.4 is 0 Å². The Kier molecular flexibility index (Phi) is 4.18. The second-order valence-electron chi connectivity index (χ2n) is 5.10. The van der Waals surface area contributed by atoms with Crippen molar-refractivity contribution < 1.29 is 4.74 Å². The average molecular weight is 227 g/mol. The Morgan fingerprint density at radius 2 is 1.93 bits per heavy atom. The van der Waals surface area contributed by atoms with Gasteiger partial charge < -0.3 is 4.74 Å². The van der Waals surface area contributed by atoms with Crippen LogP contribution in [0.15, 0.2) is 18.2 Å². The van der Waals surface area contributed by atoms with Gasteiger partial charge >= 0.3 is 0 Å². The van der Waals surface area contributed by atoms with Crippen molar-refractivity contribution >= 4 is 11.6 Å². The van der Waals surface area contributed by atoms with Crippen molar-refractivity contribution in [3.8, 4) is 0 Å². The van der Waals surface area contributed by atoms with E-state index >= 15 is 0 Å². The minimum atomic E-state index is 0.304. The molecule has 0 heterocycles. The molecular formula is C13H19ClO. The van der Waals surface area contributed by atoms with Gasteiger partial charge in [-0.25, -0.2) is 0 Å². The summed E-state index contributed by atoms with van der Waals surface area (Å²) in [5.41, 5.74) is 2.69. The van der Waals surface area contributed by atoms with Gasteiger partial charge in [0, 0.05) is 12.1 Å². The molecule has 2 heteroatoms. The molecule has 0 N–H and O–H groups in total. The highest BCUT2D eigenvalue weighted by Crippen LogP contribution is 2.24. The molecule has 0 aromatic heterocycles. The maximum Gasteiger partial charge on any atom is 0.0727 e. The van der Waals surface area contributed by atoms with Crippen molar-refractivity contribution in [3.05, 3.63) is 34.3 Å². The molecule has 0 aliphatic carbocycles. The lowest BCUT2D eigenvalue weighted by Crippen LogP contribution is -2.09. The predicted octanol–water partition coefficient (Wildman–Crippen LogP) is 4.08. The Hall–Kier alpha value is -0.530. The van der Waals surface area contributed by atoms with E-state index in [0.29, 0.717) is 12.0 Å². The number of rotatable bonds is 3. The fourth-order valence-corrected chi connectivity index (χ4v) is 1.79. The topological polar surface area (TPSA) is 9.23 Å². The predicted molar refractivity (Wildman–Crippen MR) is 65.3 cm³/mol. The van der Waals surface area contributed by atoms with Gasteiger partial charge in [0.05, 0.1) is 6.61 Å². The molecule has 0 aliphatic heterocycles. The molecule has 0 aliphatic rings. The third kappa shape index (κ3) is 4.23. The smallest absolute Gasteiger partial charge is 0.0727 e. The molecule has 0 saturated heterocycles. The van der Waals surface area contributed by atoms with Gasteiger partial charge in [0.1, 0.15) is 0 Å². The zero-order chi connectivity index (χ0) is 11.5. The van der Waals surface area contributed by atoms with Crippen LogP contribution in [0.3, 0.4) is 0 Å². The molecule has 1 rings (SSSR count). The van der Waals surface area contributed by atoms with E-state index in [-0.39, 0.29) is 0 Å². The van der Waals surface area contributed by atoms with Gasteiger partial charge in [-0.05, 0) is 29.0 Å². The quantitative estimate of drug-likeness (QED) is 0.755. The summed E-state index contributed by atoms with van der Waals surface area (Å²) in [5.74, 6) is 0. The molecule has 0 spiro atoms. The molecular weight excluding hydrogens is 208 g/mol. The van der Waals surface area contributed by atoms with Gasteiger partial charge in [0.2, 0.25) is 0 Å². The van der Waals surface area contributed by atoms with E-state index in [0.717, 1.165) is 17.0 Å². The van der Waals surface area contributed by atoms with Gasteiger partial charge in [0.25, 0.3) is 0 Å². The lowest BCUT2D eigenvalue weighted by Gasteiger charge is -2.18. The van der Waals surface area contributed by atoms with Crippen LogP contribution in [-0.2, 0) is 17.8 Å². The molecule has 1 aromatic carbocycles. The van der Waals surface area contributed by atoms with Crippen molar-refractivity contribution in [2.75, 3.05) is 7.11 Å². The molecule has 0 unspecified atom stereocenters. The second kappa shape index (κ2) is 5.00. The van der Waals surface area contributed by atoms with E-state index in [9.17, 15) is 0 Å². The second-order valence-corrected chi connectivity index (χ2v) is 5.50. The molecule has 0 amide bonds. The standard InChI is InChI=1S/C13H19ClO/c1-13(2,3)8-10-5-6-12(14)11(7-10)9-15-4/h5-7H,8-9H2,1-4H3. The summed E-state index contributed by atoms with van der Waals surface area (Å²) < 4.78 is 5.11. The van der Waals surface area contributed by atoms with Crippen LogP contribution in [0.2, 0.25) is 5.02 Å². The first-order chi connectivity index (χ1) is 6.92. The molecule has 84 valence electrons. The molecule has 0 radical (unpaired) electrons. The maximum atomic E-state index is 6.07. The molecule has 1 aromatic rings. The lowest BCUT2D eigenvalue weighted by atomic mass is 9.88. The van der Waals surface area contributed by atoms with Crippen LogP contribution in [0.25, 0.3) is 0 Å². The highest BCUT2D eigenvalue weighted by Gasteiger charge is 2.12. The van der Waals surface area contributed by atoms with Crippen LogP contribution in [0, 0.1) is 5.41 Å². The van der Waals surface area contributed by atoms with Crippen molar-refractivity contribution in [2.24, 2.45) is 5.41 Å². The van der Waals surface area contributed by atoms with E-state index in [1.807, 2.05) is 6.07 Å². The van der Waals surface area contributed by atoms with E-state index in [1.54, 1.807) is 7.11 Å². The van der Waals surface area contributed by atoms with Gasteiger partial charge in [-0.3, -0.25) is 0 Å². The molecule has 0 saturated carbocycles. The fourth-order valence-electron chi connectivity index (χ4n) is 1.62. The Morgan fingerprint density at radius 3 is 2.47 bits per heavy atom. The minimum absolute atomic E-state index is 0.304. The first-order valence-corrected chi connectivity index (χ1v) is 5.56. The third-order valence-electron chi connectivity index (χ3n) is 2.14. The number of methoxy groups -OCH3 is 1. The Morgan fingerprint density at radius 1 is 1.27 bits per heavy atom. The van der Waals surface area contributed by atoms with Crippen LogP contribution >= 0.6 is 11.6 Å². The van der Waals surface area contributed by atoms with Crippen molar-refractivity contribution in [3.63, 3.8) is 0 Å². The van der Waals surface area contributed by atoms with E-state index in [4.69, 9.17) is 16.3 Å². The zero-order valence-corrected chi connectivity index (χ0v) is 10.7. The van der Waals surface area contributed by atoms with E-state index in [1.165, 1.54) is 5.56 Å². The summed E-state index contributed by atoms with van der Waals surface area (Å²) in [7, 11) is 1.69. The largest absolute Gasteiger partial charge is 0.380 e. The molecule has 1 nitrogen and oxygen atoms in total. The van der Waals surface area contributed by atoms with Crippen molar-refractivity contribution in [2.45, 2.75) is 33.8 Å². The first kappa shape index (κ1) is 12.5. The Labute approximate surface area is 97.4 Å². The van der Waals surface area contributed by atoms with E-state index in [2.05, 4.69) is 32.9 Å². The molecule has 0 fully saturated rings. The molecule has 0 bridgehead atoms. The highest BCUT2D eigenvalue weighted by molar-refractivity contribution is 6.31. The van der Waals surface area contributed by atoms with Gasteiger partial charge in [-0.2, -0.15) is 0 Å². The summed E-state index contributed by atoms with van der Waals surface area (Å²) in [6.07, 6.45) is 1.06. The summed E-state index contributed by atoms with van der Waals surface area (Å²) >= 11 is 6.07. The Bertz CT molecular complexity index is 326. The van der Waals surface area contributed by atoms with E-state index < -0.39 is 0 Å². The van der Waals surface area contributed by atoms with Crippen LogP contribution in [0.1, 0.15) is 31.9 Å². The third-order valence-corrected chi connectivity index (χ3v) is 2.51.